The summed E-state index contributed by atoms with van der Waals surface area (Å²) in [6.07, 6.45) is 1.01. The molecule has 2 N–H and O–H groups in total. The molecule has 194 valence electrons. The molecule has 3 aromatic rings. The number of nitrogens with zero attached hydrogens (tertiary/aromatic N) is 4. The van der Waals surface area contributed by atoms with E-state index in [9.17, 15) is 10.1 Å². The lowest BCUT2D eigenvalue weighted by molar-refractivity contribution is -0.118. The maximum absolute atomic E-state index is 13.7. The van der Waals surface area contributed by atoms with E-state index < -0.39 is 5.92 Å². The molecule has 1 aliphatic heterocycles. The predicted molar refractivity (Wildman–Crippen MR) is 154 cm³/mol. The van der Waals surface area contributed by atoms with Crippen LogP contribution in [0.15, 0.2) is 80.0 Å². The number of anilines is 1. The number of nitrogens with two attached hydrogens (primary N) is 1. The molecule has 0 bridgehead atoms. The van der Waals surface area contributed by atoms with Crippen LogP contribution in [-0.2, 0) is 10.5 Å². The molecular formula is C28H26BrN5O2S2. The van der Waals surface area contributed by atoms with Crippen molar-refractivity contribution in [3.8, 4) is 11.8 Å². The van der Waals surface area contributed by atoms with Crippen LogP contribution in [0.5, 0.6) is 5.75 Å². The molecule has 0 radical (unpaired) electrons. The van der Waals surface area contributed by atoms with Gasteiger partial charge in [-0.3, -0.25) is 9.69 Å². The SMILES string of the molecule is COc1ccc(C2C(C#N)=C(N)N(c3nnc(SCc4ccccc4)s3)C3=C2C(=O)CC(C)(C)C3)cc1Br. The van der Waals surface area contributed by atoms with E-state index in [-0.39, 0.29) is 17.0 Å². The molecule has 2 aromatic carbocycles. The summed E-state index contributed by atoms with van der Waals surface area (Å²) in [7, 11) is 1.60. The Bertz CT molecular complexity index is 1510. The molecule has 1 aromatic heterocycles. The Morgan fingerprint density at radius 3 is 2.68 bits per heavy atom. The third-order valence-electron chi connectivity index (χ3n) is 6.68. The third-order valence-corrected chi connectivity index (χ3v) is 9.41. The van der Waals surface area contributed by atoms with Gasteiger partial charge in [0.2, 0.25) is 5.13 Å². The highest BCUT2D eigenvalue weighted by atomic mass is 79.9. The zero-order chi connectivity index (χ0) is 27.0. The Labute approximate surface area is 238 Å². The van der Waals surface area contributed by atoms with Crippen molar-refractivity contribution in [2.75, 3.05) is 12.0 Å². The Morgan fingerprint density at radius 1 is 1.24 bits per heavy atom. The van der Waals surface area contributed by atoms with Crippen molar-refractivity contribution >= 4 is 49.9 Å². The zero-order valence-electron chi connectivity index (χ0n) is 21.2. The molecule has 2 aliphatic rings. The van der Waals surface area contributed by atoms with E-state index in [2.05, 4.69) is 58.2 Å². The van der Waals surface area contributed by atoms with Gasteiger partial charge in [-0.2, -0.15) is 5.26 Å². The maximum Gasteiger partial charge on any atom is 0.219 e. The number of halogens is 1. The Hall–Kier alpha value is -3.13. The first-order valence-corrected chi connectivity index (χ1v) is 14.6. The fraction of sp³-hybridized carbons (Fsp3) is 0.286. The first-order chi connectivity index (χ1) is 18.2. The highest BCUT2D eigenvalue weighted by Crippen LogP contribution is 2.51. The van der Waals surface area contributed by atoms with Gasteiger partial charge in [-0.1, -0.05) is 73.3 Å². The molecule has 1 atom stereocenters. The molecule has 0 saturated carbocycles. The number of methoxy groups -OCH3 is 1. The molecule has 1 unspecified atom stereocenters. The summed E-state index contributed by atoms with van der Waals surface area (Å²) in [5, 5.41) is 19.7. The fourth-order valence-corrected chi connectivity index (χ4v) is 7.39. The van der Waals surface area contributed by atoms with Crippen molar-refractivity contribution in [2.45, 2.75) is 42.7 Å². The second kappa shape index (κ2) is 10.6. The quantitative estimate of drug-likeness (QED) is 0.315. The summed E-state index contributed by atoms with van der Waals surface area (Å²) in [5.41, 5.74) is 10.2. The molecule has 5 rings (SSSR count). The maximum atomic E-state index is 13.7. The van der Waals surface area contributed by atoms with E-state index >= 15 is 0 Å². The van der Waals surface area contributed by atoms with Gasteiger partial charge in [-0.05, 0) is 51.0 Å². The van der Waals surface area contributed by atoms with Crippen LogP contribution in [0.25, 0.3) is 0 Å². The van der Waals surface area contributed by atoms with Gasteiger partial charge in [0, 0.05) is 23.4 Å². The lowest BCUT2D eigenvalue weighted by Gasteiger charge is -2.42. The summed E-state index contributed by atoms with van der Waals surface area (Å²) >= 11 is 6.55. The fourth-order valence-electron chi connectivity index (χ4n) is 4.99. The topological polar surface area (TPSA) is 105 Å². The monoisotopic (exact) mass is 607 g/mol. The first-order valence-electron chi connectivity index (χ1n) is 12.0. The van der Waals surface area contributed by atoms with Crippen molar-refractivity contribution in [2.24, 2.45) is 11.1 Å². The summed E-state index contributed by atoms with van der Waals surface area (Å²) in [6.45, 7) is 4.15. The van der Waals surface area contributed by atoms with Crippen LogP contribution in [0, 0.1) is 16.7 Å². The molecule has 0 saturated heterocycles. The number of hydrogen-bond acceptors (Lipinski definition) is 9. The molecule has 0 amide bonds. The number of nitriles is 1. The Morgan fingerprint density at radius 2 is 2.00 bits per heavy atom. The van der Waals surface area contributed by atoms with E-state index in [0.29, 0.717) is 34.9 Å². The number of carbonyl (C=O) groups is 1. The molecular weight excluding hydrogens is 582 g/mol. The second-order valence-electron chi connectivity index (χ2n) is 10.00. The van der Waals surface area contributed by atoms with Gasteiger partial charge in [0.05, 0.1) is 29.1 Å². The second-order valence-corrected chi connectivity index (χ2v) is 13.0. The standard InChI is InChI=1S/C28H26BrN5O2S2/c1-28(2)12-20-24(21(35)13-28)23(17-9-10-22(36-3)19(29)11-17)18(14-30)25(31)34(20)26-32-33-27(38-26)37-15-16-7-5-4-6-8-16/h4-11,23H,12-13,15,31H2,1-3H3. The number of ketones is 1. The lowest BCUT2D eigenvalue weighted by Crippen LogP contribution is -2.42. The first kappa shape index (κ1) is 26.5. The summed E-state index contributed by atoms with van der Waals surface area (Å²) in [4.78, 5) is 15.5. The van der Waals surface area contributed by atoms with Gasteiger partial charge in [0.1, 0.15) is 11.6 Å². The average molecular weight is 609 g/mol. The lowest BCUT2D eigenvalue weighted by atomic mass is 9.68. The van der Waals surface area contributed by atoms with Gasteiger partial charge in [0.15, 0.2) is 10.1 Å². The van der Waals surface area contributed by atoms with Crippen LogP contribution in [0.4, 0.5) is 5.13 Å². The molecule has 38 heavy (non-hydrogen) atoms. The average Bonchev–Trinajstić information content (AvgIpc) is 3.35. The zero-order valence-corrected chi connectivity index (χ0v) is 24.4. The summed E-state index contributed by atoms with van der Waals surface area (Å²) in [6, 6.07) is 18.1. The molecule has 10 heteroatoms. The highest BCUT2D eigenvalue weighted by Gasteiger charge is 2.45. The van der Waals surface area contributed by atoms with Crippen LogP contribution < -0.4 is 15.4 Å². The third kappa shape index (κ3) is 4.98. The van der Waals surface area contributed by atoms with Crippen molar-refractivity contribution in [1.29, 1.82) is 5.26 Å². The van der Waals surface area contributed by atoms with Gasteiger partial charge >= 0.3 is 0 Å². The minimum atomic E-state index is -0.572. The number of hydrogen-bond donors (Lipinski definition) is 1. The van der Waals surface area contributed by atoms with Gasteiger partial charge in [-0.15, -0.1) is 10.2 Å². The normalized spacial score (nSPS) is 18.9. The number of carbonyl (C=O) groups excluding carboxylic acids is 1. The van der Waals surface area contributed by atoms with Crippen molar-refractivity contribution < 1.29 is 9.53 Å². The number of rotatable bonds is 6. The van der Waals surface area contributed by atoms with Gasteiger partial charge in [-0.25, -0.2) is 0 Å². The number of benzene rings is 2. The Balaban J connectivity index is 1.59. The van der Waals surface area contributed by atoms with Gasteiger partial charge < -0.3 is 10.5 Å². The number of aromatic nitrogens is 2. The summed E-state index contributed by atoms with van der Waals surface area (Å²) in [5.74, 6) is 1.15. The van der Waals surface area contributed by atoms with Gasteiger partial charge in [0.25, 0.3) is 0 Å². The highest BCUT2D eigenvalue weighted by molar-refractivity contribution is 9.10. The molecule has 1 aliphatic carbocycles. The summed E-state index contributed by atoms with van der Waals surface area (Å²) < 4.78 is 6.92. The number of Topliss-reactive ketones (excluding diaryl/α,β-unsaturated/α-hetero) is 1. The Kier molecular flexibility index (Phi) is 7.36. The molecule has 0 fully saturated rings. The molecule has 2 heterocycles. The van der Waals surface area contributed by atoms with Crippen molar-refractivity contribution in [1.82, 2.24) is 10.2 Å². The minimum Gasteiger partial charge on any atom is -0.496 e. The number of ether oxygens (including phenoxy) is 1. The van der Waals surface area contributed by atoms with Crippen LogP contribution in [0.1, 0.15) is 43.7 Å². The van der Waals surface area contributed by atoms with Crippen LogP contribution in [0.3, 0.4) is 0 Å². The number of thioether (sulfide) groups is 1. The predicted octanol–water partition coefficient (Wildman–Crippen LogP) is 6.54. The molecule has 7 nitrogen and oxygen atoms in total. The van der Waals surface area contributed by atoms with E-state index in [0.717, 1.165) is 25.8 Å². The number of allylic oxidation sites excluding steroid dienone is 3. The van der Waals surface area contributed by atoms with E-state index in [1.807, 2.05) is 36.4 Å². The largest absolute Gasteiger partial charge is 0.496 e. The smallest absolute Gasteiger partial charge is 0.219 e. The van der Waals surface area contributed by atoms with E-state index in [4.69, 9.17) is 10.5 Å². The minimum absolute atomic E-state index is 0.0154. The van der Waals surface area contributed by atoms with Crippen molar-refractivity contribution in [3.63, 3.8) is 0 Å². The van der Waals surface area contributed by atoms with Crippen LogP contribution >= 0.6 is 39.0 Å². The van der Waals surface area contributed by atoms with E-state index in [1.54, 1.807) is 23.8 Å². The van der Waals surface area contributed by atoms with E-state index in [1.165, 1.54) is 16.9 Å². The van der Waals surface area contributed by atoms with Crippen molar-refractivity contribution in [3.05, 3.63) is 86.8 Å². The van der Waals surface area contributed by atoms with Crippen LogP contribution in [-0.4, -0.2) is 23.1 Å². The molecule has 0 spiro atoms. The van der Waals surface area contributed by atoms with Crippen LogP contribution in [0.2, 0.25) is 0 Å².